The van der Waals surface area contributed by atoms with Crippen LogP contribution in [-0.2, 0) is 6.61 Å². The summed E-state index contributed by atoms with van der Waals surface area (Å²) in [6.07, 6.45) is 1.37. The number of halogens is 2. The van der Waals surface area contributed by atoms with Crippen molar-refractivity contribution in [2.75, 3.05) is 0 Å². The molecule has 6 heteroatoms. The van der Waals surface area contributed by atoms with Gasteiger partial charge in [-0.05, 0) is 18.2 Å². The van der Waals surface area contributed by atoms with E-state index < -0.39 is 5.82 Å². The zero-order valence-corrected chi connectivity index (χ0v) is 8.32. The van der Waals surface area contributed by atoms with Crippen molar-refractivity contribution < 1.29 is 9.50 Å². The lowest BCUT2D eigenvalue weighted by atomic mass is 10.3. The average molecular weight is 228 g/mol. The van der Waals surface area contributed by atoms with E-state index in [1.54, 1.807) is 0 Å². The SMILES string of the molecule is OCc1nncn1-c1cc(F)ccc1Cl. The van der Waals surface area contributed by atoms with Crippen LogP contribution in [0.15, 0.2) is 24.5 Å². The van der Waals surface area contributed by atoms with Gasteiger partial charge in [0, 0.05) is 0 Å². The predicted octanol–water partition coefficient (Wildman–Crippen LogP) is 1.55. The van der Waals surface area contributed by atoms with Gasteiger partial charge in [0.1, 0.15) is 18.8 Å². The van der Waals surface area contributed by atoms with E-state index in [1.807, 2.05) is 0 Å². The summed E-state index contributed by atoms with van der Waals surface area (Å²) < 4.78 is 14.4. The van der Waals surface area contributed by atoms with Crippen molar-refractivity contribution in [3.63, 3.8) is 0 Å². The number of rotatable bonds is 2. The molecule has 0 aliphatic heterocycles. The largest absolute Gasteiger partial charge is 0.388 e. The highest BCUT2D eigenvalue weighted by atomic mass is 35.5. The number of aliphatic hydroxyl groups is 1. The Kier molecular flexibility index (Phi) is 2.66. The molecule has 78 valence electrons. The highest BCUT2D eigenvalue weighted by Crippen LogP contribution is 2.21. The fourth-order valence-corrected chi connectivity index (χ4v) is 1.45. The van der Waals surface area contributed by atoms with E-state index in [2.05, 4.69) is 10.2 Å². The quantitative estimate of drug-likeness (QED) is 0.847. The van der Waals surface area contributed by atoms with Gasteiger partial charge in [-0.2, -0.15) is 0 Å². The third kappa shape index (κ3) is 1.84. The van der Waals surface area contributed by atoms with Crippen LogP contribution in [-0.4, -0.2) is 19.9 Å². The molecular formula is C9H7ClFN3O. The molecule has 2 rings (SSSR count). The minimum atomic E-state index is -0.410. The third-order valence-corrected chi connectivity index (χ3v) is 2.25. The van der Waals surface area contributed by atoms with E-state index in [1.165, 1.54) is 29.1 Å². The molecule has 0 saturated heterocycles. The number of benzene rings is 1. The molecule has 0 aliphatic carbocycles. The van der Waals surface area contributed by atoms with Gasteiger partial charge >= 0.3 is 0 Å². The van der Waals surface area contributed by atoms with Crippen molar-refractivity contribution in [3.8, 4) is 5.69 Å². The molecule has 1 aromatic heterocycles. The number of nitrogens with zero attached hydrogens (tertiary/aromatic N) is 3. The van der Waals surface area contributed by atoms with E-state index in [-0.39, 0.29) is 6.61 Å². The van der Waals surface area contributed by atoms with Gasteiger partial charge in [0.25, 0.3) is 0 Å². The Morgan fingerprint density at radius 2 is 2.27 bits per heavy atom. The van der Waals surface area contributed by atoms with Crippen LogP contribution in [0, 0.1) is 5.82 Å². The number of hydrogen-bond acceptors (Lipinski definition) is 3. The number of aliphatic hydroxyl groups excluding tert-OH is 1. The molecule has 0 saturated carbocycles. The normalized spacial score (nSPS) is 10.6. The van der Waals surface area contributed by atoms with Crippen LogP contribution in [0.1, 0.15) is 5.82 Å². The summed E-state index contributed by atoms with van der Waals surface area (Å²) in [6, 6.07) is 3.95. The lowest BCUT2D eigenvalue weighted by molar-refractivity contribution is 0.269. The first-order chi connectivity index (χ1) is 7.22. The Morgan fingerprint density at radius 1 is 1.47 bits per heavy atom. The maximum absolute atomic E-state index is 13.0. The maximum atomic E-state index is 13.0. The monoisotopic (exact) mass is 227 g/mol. The molecule has 0 radical (unpaired) electrons. The second-order valence-electron chi connectivity index (χ2n) is 2.87. The van der Waals surface area contributed by atoms with Crippen molar-refractivity contribution >= 4 is 11.6 Å². The molecular weight excluding hydrogens is 221 g/mol. The third-order valence-electron chi connectivity index (χ3n) is 1.93. The minimum absolute atomic E-state index is 0.285. The van der Waals surface area contributed by atoms with Gasteiger partial charge in [0.15, 0.2) is 5.82 Å². The zero-order valence-electron chi connectivity index (χ0n) is 7.56. The lowest BCUT2D eigenvalue weighted by Gasteiger charge is -2.06. The predicted molar refractivity (Wildman–Crippen MR) is 52.2 cm³/mol. The van der Waals surface area contributed by atoms with E-state index in [4.69, 9.17) is 16.7 Å². The second-order valence-corrected chi connectivity index (χ2v) is 3.28. The van der Waals surface area contributed by atoms with E-state index in [0.29, 0.717) is 16.5 Å². The van der Waals surface area contributed by atoms with E-state index >= 15 is 0 Å². The first-order valence-corrected chi connectivity index (χ1v) is 4.55. The molecule has 0 unspecified atom stereocenters. The molecule has 0 atom stereocenters. The van der Waals surface area contributed by atoms with Crippen LogP contribution in [0.25, 0.3) is 5.69 Å². The molecule has 0 fully saturated rings. The Bertz CT molecular complexity index is 486. The zero-order chi connectivity index (χ0) is 10.8. The molecule has 1 N–H and O–H groups in total. The first kappa shape index (κ1) is 10.1. The van der Waals surface area contributed by atoms with Crippen LogP contribution in [0.3, 0.4) is 0 Å². The van der Waals surface area contributed by atoms with Crippen molar-refractivity contribution in [3.05, 3.63) is 41.2 Å². The van der Waals surface area contributed by atoms with E-state index in [9.17, 15) is 4.39 Å². The first-order valence-electron chi connectivity index (χ1n) is 4.17. The van der Waals surface area contributed by atoms with Gasteiger partial charge in [-0.15, -0.1) is 10.2 Å². The molecule has 4 nitrogen and oxygen atoms in total. The fourth-order valence-electron chi connectivity index (χ4n) is 1.24. The Labute approximate surface area is 89.9 Å². The molecule has 1 heterocycles. The van der Waals surface area contributed by atoms with Gasteiger partial charge in [0.2, 0.25) is 0 Å². The smallest absolute Gasteiger partial charge is 0.163 e. The van der Waals surface area contributed by atoms with Gasteiger partial charge in [-0.25, -0.2) is 4.39 Å². The molecule has 0 aliphatic rings. The van der Waals surface area contributed by atoms with Gasteiger partial charge in [-0.1, -0.05) is 11.6 Å². The highest BCUT2D eigenvalue weighted by Gasteiger charge is 2.09. The number of hydrogen-bond donors (Lipinski definition) is 1. The van der Waals surface area contributed by atoms with Gasteiger partial charge < -0.3 is 5.11 Å². The average Bonchev–Trinajstić information content (AvgIpc) is 2.69. The van der Waals surface area contributed by atoms with Crippen LogP contribution in [0.5, 0.6) is 0 Å². The Morgan fingerprint density at radius 3 is 3.00 bits per heavy atom. The summed E-state index contributed by atoms with van der Waals surface area (Å²) >= 11 is 5.89. The van der Waals surface area contributed by atoms with Crippen LogP contribution >= 0.6 is 11.6 Å². The topological polar surface area (TPSA) is 50.9 Å². The fraction of sp³-hybridized carbons (Fsp3) is 0.111. The van der Waals surface area contributed by atoms with Gasteiger partial charge in [-0.3, -0.25) is 4.57 Å². The Balaban J connectivity index is 2.58. The summed E-state index contributed by atoms with van der Waals surface area (Å²) in [5.74, 6) is -0.102. The molecule has 0 bridgehead atoms. The molecule has 1 aromatic carbocycles. The minimum Gasteiger partial charge on any atom is -0.388 e. The van der Waals surface area contributed by atoms with Gasteiger partial charge in [0.05, 0.1) is 10.7 Å². The maximum Gasteiger partial charge on any atom is 0.163 e. The van der Waals surface area contributed by atoms with Crippen molar-refractivity contribution in [1.82, 2.24) is 14.8 Å². The second kappa shape index (κ2) is 3.96. The summed E-state index contributed by atoms with van der Waals surface area (Å²) in [7, 11) is 0. The van der Waals surface area contributed by atoms with Crippen molar-refractivity contribution in [2.24, 2.45) is 0 Å². The molecule has 15 heavy (non-hydrogen) atoms. The molecule has 2 aromatic rings. The van der Waals surface area contributed by atoms with E-state index in [0.717, 1.165) is 0 Å². The van der Waals surface area contributed by atoms with Crippen LogP contribution in [0.2, 0.25) is 5.02 Å². The van der Waals surface area contributed by atoms with Crippen LogP contribution < -0.4 is 0 Å². The van der Waals surface area contributed by atoms with Crippen LogP contribution in [0.4, 0.5) is 4.39 Å². The lowest BCUT2D eigenvalue weighted by Crippen LogP contribution is -2.01. The molecule has 0 spiro atoms. The summed E-state index contributed by atoms with van der Waals surface area (Å²) in [5.41, 5.74) is 0.408. The number of aromatic nitrogens is 3. The van der Waals surface area contributed by atoms with Crippen molar-refractivity contribution in [2.45, 2.75) is 6.61 Å². The highest BCUT2D eigenvalue weighted by molar-refractivity contribution is 6.32. The van der Waals surface area contributed by atoms with Crippen molar-refractivity contribution in [1.29, 1.82) is 0 Å². The Hall–Kier alpha value is -1.46. The summed E-state index contributed by atoms with van der Waals surface area (Å²) in [5, 5.41) is 16.6. The summed E-state index contributed by atoms with van der Waals surface area (Å²) in [6.45, 7) is -0.285. The summed E-state index contributed by atoms with van der Waals surface area (Å²) in [4.78, 5) is 0. The molecule has 0 amide bonds. The standard InChI is InChI=1S/C9H7ClFN3O/c10-7-2-1-6(11)3-8(7)14-5-12-13-9(14)4-15/h1-3,5,15H,4H2.